The first-order chi connectivity index (χ1) is 7.31. The van der Waals surface area contributed by atoms with Gasteiger partial charge in [-0.1, -0.05) is 11.6 Å². The van der Waals surface area contributed by atoms with E-state index in [-0.39, 0.29) is 0 Å². The average Bonchev–Trinajstić information content (AvgIpc) is 2.53. The molecule has 2 aromatic heterocycles. The van der Waals surface area contributed by atoms with Crippen LogP contribution in [0, 0.1) is 0 Å². The molecule has 2 N–H and O–H groups in total. The Labute approximate surface area is 91.4 Å². The molecule has 1 aliphatic rings. The van der Waals surface area contributed by atoms with E-state index in [1.165, 1.54) is 0 Å². The average molecular weight is 224 g/mol. The van der Waals surface area contributed by atoms with E-state index in [9.17, 15) is 0 Å². The molecule has 6 heteroatoms. The summed E-state index contributed by atoms with van der Waals surface area (Å²) in [5.74, 6) is 0.656. The summed E-state index contributed by atoms with van der Waals surface area (Å²) in [4.78, 5) is 4.33. The van der Waals surface area contributed by atoms with Crippen LogP contribution in [0.4, 0.5) is 5.95 Å². The molecule has 3 rings (SSSR count). The van der Waals surface area contributed by atoms with Crippen LogP contribution < -0.4 is 10.6 Å². The first kappa shape index (κ1) is 8.94. The maximum atomic E-state index is 5.85. The van der Waals surface area contributed by atoms with E-state index in [2.05, 4.69) is 20.7 Å². The van der Waals surface area contributed by atoms with E-state index in [4.69, 9.17) is 11.6 Å². The van der Waals surface area contributed by atoms with Gasteiger partial charge in [0.2, 0.25) is 5.95 Å². The van der Waals surface area contributed by atoms with Crippen molar-refractivity contribution in [3.05, 3.63) is 23.4 Å². The number of fused-ring (bicyclic) bond motifs is 1. The number of hydrogen-bond acceptors (Lipinski definition) is 4. The largest absolute Gasteiger partial charge is 0.348 e. The smallest absolute Gasteiger partial charge is 0.243 e. The van der Waals surface area contributed by atoms with Crippen LogP contribution in [0.25, 0.3) is 5.65 Å². The quantitative estimate of drug-likeness (QED) is 0.790. The van der Waals surface area contributed by atoms with Crippen molar-refractivity contribution in [2.75, 3.05) is 18.4 Å². The van der Waals surface area contributed by atoms with Crippen LogP contribution in [0.1, 0.15) is 0 Å². The van der Waals surface area contributed by atoms with Crippen LogP contribution in [0.15, 0.2) is 18.3 Å². The molecule has 0 radical (unpaired) electrons. The minimum absolute atomic E-state index is 0.442. The van der Waals surface area contributed by atoms with Crippen LogP contribution in [0.5, 0.6) is 0 Å². The number of aromatic nitrogens is 3. The number of hydrogen-bond donors (Lipinski definition) is 2. The highest BCUT2D eigenvalue weighted by atomic mass is 35.5. The van der Waals surface area contributed by atoms with Gasteiger partial charge in [-0.3, -0.25) is 0 Å². The van der Waals surface area contributed by atoms with Crippen molar-refractivity contribution in [1.29, 1.82) is 0 Å². The van der Waals surface area contributed by atoms with Gasteiger partial charge >= 0.3 is 0 Å². The van der Waals surface area contributed by atoms with Crippen molar-refractivity contribution in [3.63, 3.8) is 0 Å². The minimum atomic E-state index is 0.442. The number of anilines is 1. The maximum absolute atomic E-state index is 5.85. The lowest BCUT2D eigenvalue weighted by Gasteiger charge is -2.27. The topological polar surface area (TPSA) is 54.2 Å². The molecule has 3 heterocycles. The molecule has 1 aliphatic heterocycles. The molecular formula is C9H10ClN5. The number of rotatable bonds is 2. The Morgan fingerprint density at radius 3 is 3.07 bits per heavy atom. The van der Waals surface area contributed by atoms with E-state index in [0.29, 0.717) is 17.0 Å². The van der Waals surface area contributed by atoms with Gasteiger partial charge in [0.05, 0.1) is 11.1 Å². The number of pyridine rings is 1. The fourth-order valence-corrected chi connectivity index (χ4v) is 1.65. The molecule has 1 saturated heterocycles. The Bertz CT molecular complexity index is 490. The molecule has 0 aliphatic carbocycles. The van der Waals surface area contributed by atoms with Gasteiger partial charge < -0.3 is 10.6 Å². The molecule has 0 spiro atoms. The molecule has 0 atom stereocenters. The zero-order chi connectivity index (χ0) is 10.3. The van der Waals surface area contributed by atoms with Gasteiger partial charge in [0.1, 0.15) is 0 Å². The van der Waals surface area contributed by atoms with Gasteiger partial charge in [0.15, 0.2) is 5.65 Å². The lowest BCUT2D eigenvalue weighted by atomic mass is 10.2. The molecule has 15 heavy (non-hydrogen) atoms. The molecule has 78 valence electrons. The second-order valence-electron chi connectivity index (χ2n) is 3.59. The molecule has 0 unspecified atom stereocenters. The second kappa shape index (κ2) is 3.36. The summed E-state index contributed by atoms with van der Waals surface area (Å²) in [5, 5.41) is 11.4. The first-order valence-corrected chi connectivity index (χ1v) is 5.18. The summed E-state index contributed by atoms with van der Waals surface area (Å²) < 4.78 is 1.68. The minimum Gasteiger partial charge on any atom is -0.348 e. The predicted molar refractivity (Wildman–Crippen MR) is 58.3 cm³/mol. The molecule has 1 fully saturated rings. The summed E-state index contributed by atoms with van der Waals surface area (Å²) in [7, 11) is 0. The Morgan fingerprint density at radius 1 is 1.47 bits per heavy atom. The van der Waals surface area contributed by atoms with Crippen molar-refractivity contribution in [2.24, 2.45) is 0 Å². The third-order valence-electron chi connectivity index (χ3n) is 2.41. The molecule has 0 aromatic carbocycles. The van der Waals surface area contributed by atoms with E-state index in [1.54, 1.807) is 16.8 Å². The molecule has 2 aromatic rings. The Morgan fingerprint density at radius 2 is 2.33 bits per heavy atom. The summed E-state index contributed by atoms with van der Waals surface area (Å²) >= 11 is 5.85. The molecule has 0 amide bonds. The molecular weight excluding hydrogens is 214 g/mol. The molecule has 0 saturated carbocycles. The highest BCUT2D eigenvalue weighted by molar-refractivity contribution is 6.30. The van der Waals surface area contributed by atoms with Gasteiger partial charge in [0, 0.05) is 19.3 Å². The van der Waals surface area contributed by atoms with Crippen LogP contribution in [-0.2, 0) is 0 Å². The third-order valence-corrected chi connectivity index (χ3v) is 2.63. The monoisotopic (exact) mass is 223 g/mol. The van der Waals surface area contributed by atoms with Crippen LogP contribution in [0.3, 0.4) is 0 Å². The predicted octanol–water partition coefficient (Wildman–Crippen LogP) is 0.766. The Balaban J connectivity index is 1.91. The van der Waals surface area contributed by atoms with E-state index in [1.807, 2.05) is 6.07 Å². The summed E-state index contributed by atoms with van der Waals surface area (Å²) in [6.07, 6.45) is 1.74. The SMILES string of the molecule is Clc1ccc2nc(NC3CNC3)nn2c1. The summed E-state index contributed by atoms with van der Waals surface area (Å²) in [5.41, 5.74) is 0.800. The maximum Gasteiger partial charge on any atom is 0.243 e. The van der Waals surface area contributed by atoms with Crippen molar-refractivity contribution in [3.8, 4) is 0 Å². The fraction of sp³-hybridized carbons (Fsp3) is 0.333. The molecule has 0 bridgehead atoms. The number of nitrogens with one attached hydrogen (secondary N) is 2. The summed E-state index contributed by atoms with van der Waals surface area (Å²) in [6, 6.07) is 4.10. The Kier molecular flexibility index (Phi) is 2.00. The van der Waals surface area contributed by atoms with Gasteiger partial charge in [-0.2, -0.15) is 4.98 Å². The standard InChI is InChI=1S/C9H10ClN5/c10-6-1-2-8-13-9(14-15(8)5-6)12-7-3-11-4-7/h1-2,5,7,11H,3-4H2,(H,12,14). The van der Waals surface area contributed by atoms with Gasteiger partial charge in [0.25, 0.3) is 0 Å². The van der Waals surface area contributed by atoms with E-state index in [0.717, 1.165) is 18.7 Å². The Hall–Kier alpha value is -1.33. The van der Waals surface area contributed by atoms with Crippen molar-refractivity contribution in [1.82, 2.24) is 19.9 Å². The number of nitrogens with zero attached hydrogens (tertiary/aromatic N) is 3. The highest BCUT2D eigenvalue weighted by Gasteiger charge is 2.17. The van der Waals surface area contributed by atoms with Crippen molar-refractivity contribution < 1.29 is 0 Å². The lowest BCUT2D eigenvalue weighted by Crippen LogP contribution is -2.51. The van der Waals surface area contributed by atoms with Crippen LogP contribution in [-0.4, -0.2) is 33.7 Å². The van der Waals surface area contributed by atoms with Crippen LogP contribution >= 0.6 is 11.6 Å². The lowest BCUT2D eigenvalue weighted by molar-refractivity contribution is 0.470. The highest BCUT2D eigenvalue weighted by Crippen LogP contribution is 2.12. The van der Waals surface area contributed by atoms with Gasteiger partial charge in [-0.15, -0.1) is 5.10 Å². The first-order valence-electron chi connectivity index (χ1n) is 4.80. The van der Waals surface area contributed by atoms with Crippen LogP contribution in [0.2, 0.25) is 5.02 Å². The normalized spacial score (nSPS) is 16.6. The van der Waals surface area contributed by atoms with Crippen molar-refractivity contribution >= 4 is 23.2 Å². The van der Waals surface area contributed by atoms with Gasteiger partial charge in [-0.25, -0.2) is 4.52 Å². The van der Waals surface area contributed by atoms with E-state index >= 15 is 0 Å². The van der Waals surface area contributed by atoms with Gasteiger partial charge in [-0.05, 0) is 12.1 Å². The van der Waals surface area contributed by atoms with Crippen molar-refractivity contribution in [2.45, 2.75) is 6.04 Å². The zero-order valence-electron chi connectivity index (χ0n) is 7.94. The van der Waals surface area contributed by atoms with E-state index < -0.39 is 0 Å². The number of halogens is 1. The second-order valence-corrected chi connectivity index (χ2v) is 4.02. The zero-order valence-corrected chi connectivity index (χ0v) is 8.70. The fourth-order valence-electron chi connectivity index (χ4n) is 1.49. The molecule has 5 nitrogen and oxygen atoms in total. The third kappa shape index (κ3) is 1.64. The summed E-state index contributed by atoms with van der Waals surface area (Å²) in [6.45, 7) is 1.94.